The van der Waals surface area contributed by atoms with Gasteiger partial charge in [0.15, 0.2) is 0 Å². The average Bonchev–Trinajstić information content (AvgIpc) is 3.94. The van der Waals surface area contributed by atoms with E-state index >= 15 is 0 Å². The SMILES string of the molecule is C=C/C=C\c1c(C)nc(-c2cc(-c3nc(CC)c(C/C=C\C)n3-c3ccccc3)cc(-c3nc4ccccc4n3-c3ccccc3)c2)n1-c1ccccc1.CC. The van der Waals surface area contributed by atoms with Gasteiger partial charge in [-0.3, -0.25) is 13.7 Å². The maximum Gasteiger partial charge on any atom is 0.145 e. The lowest BCUT2D eigenvalue weighted by Crippen LogP contribution is -2.04. The van der Waals surface area contributed by atoms with Gasteiger partial charge >= 0.3 is 0 Å². The van der Waals surface area contributed by atoms with Gasteiger partial charge in [-0.05, 0) is 93.1 Å². The number of nitrogens with zero attached hydrogens (tertiary/aromatic N) is 6. The van der Waals surface area contributed by atoms with Crippen LogP contribution < -0.4 is 0 Å². The first-order chi connectivity index (χ1) is 27.6. The molecule has 6 nitrogen and oxygen atoms in total. The quantitative estimate of drug-likeness (QED) is 0.0983. The summed E-state index contributed by atoms with van der Waals surface area (Å²) in [5.41, 5.74) is 12.2. The molecule has 0 bridgehead atoms. The molecule has 0 aliphatic rings. The predicted molar refractivity (Wildman–Crippen MR) is 235 cm³/mol. The number of fused-ring (bicyclic) bond motifs is 1. The Morgan fingerprint density at radius 1 is 0.607 bits per heavy atom. The Morgan fingerprint density at radius 3 is 1.66 bits per heavy atom. The summed E-state index contributed by atoms with van der Waals surface area (Å²) in [6.07, 6.45) is 11.7. The lowest BCUT2D eigenvalue weighted by atomic mass is 10.0. The van der Waals surface area contributed by atoms with Crippen LogP contribution >= 0.6 is 0 Å². The molecule has 0 fully saturated rings. The van der Waals surface area contributed by atoms with E-state index in [-0.39, 0.29) is 0 Å². The van der Waals surface area contributed by atoms with Crippen LogP contribution in [0.5, 0.6) is 0 Å². The molecule has 0 saturated carbocycles. The molecule has 8 aromatic rings. The molecule has 278 valence electrons. The normalized spacial score (nSPS) is 11.4. The van der Waals surface area contributed by atoms with Crippen LogP contribution in [0.2, 0.25) is 0 Å². The first-order valence-electron chi connectivity index (χ1n) is 19.5. The Balaban J connectivity index is 0.00000237. The summed E-state index contributed by atoms with van der Waals surface area (Å²) in [5, 5.41) is 0. The van der Waals surface area contributed by atoms with Crippen LogP contribution in [-0.4, -0.2) is 28.7 Å². The van der Waals surface area contributed by atoms with Gasteiger partial charge < -0.3 is 0 Å². The van der Waals surface area contributed by atoms with E-state index < -0.39 is 0 Å². The number of rotatable bonds is 11. The molecule has 5 aromatic carbocycles. The molecule has 6 heteroatoms. The topological polar surface area (TPSA) is 53.5 Å². The van der Waals surface area contributed by atoms with Crippen molar-refractivity contribution >= 4 is 17.1 Å². The van der Waals surface area contributed by atoms with Gasteiger partial charge in [0.05, 0.1) is 33.8 Å². The third-order valence-corrected chi connectivity index (χ3v) is 9.74. The van der Waals surface area contributed by atoms with Gasteiger partial charge in [0.25, 0.3) is 0 Å². The minimum absolute atomic E-state index is 0.772. The molecule has 0 saturated heterocycles. The molecule has 8 rings (SSSR count). The molecule has 0 amide bonds. The third-order valence-electron chi connectivity index (χ3n) is 9.74. The van der Waals surface area contributed by atoms with Crippen LogP contribution in [0.15, 0.2) is 164 Å². The highest BCUT2D eigenvalue weighted by molar-refractivity contribution is 5.86. The molecule has 0 aliphatic heterocycles. The molecular weight excluding hydrogens is 685 g/mol. The molecule has 0 unspecified atom stereocenters. The van der Waals surface area contributed by atoms with E-state index in [1.807, 2.05) is 38.1 Å². The van der Waals surface area contributed by atoms with Gasteiger partial charge in [-0.1, -0.05) is 118 Å². The fourth-order valence-electron chi connectivity index (χ4n) is 7.27. The van der Waals surface area contributed by atoms with Crippen LogP contribution in [0.1, 0.15) is 50.5 Å². The number of allylic oxidation sites excluding steroid dienone is 4. The van der Waals surface area contributed by atoms with Crippen molar-refractivity contribution in [2.75, 3.05) is 0 Å². The highest BCUT2D eigenvalue weighted by Crippen LogP contribution is 2.38. The summed E-state index contributed by atoms with van der Waals surface area (Å²) in [4.78, 5) is 16.0. The molecule has 0 aliphatic carbocycles. The highest BCUT2D eigenvalue weighted by Gasteiger charge is 2.24. The molecule has 0 spiro atoms. The van der Waals surface area contributed by atoms with Gasteiger partial charge in [0, 0.05) is 40.2 Å². The van der Waals surface area contributed by atoms with Crippen LogP contribution in [0.4, 0.5) is 0 Å². The summed E-state index contributed by atoms with van der Waals surface area (Å²) in [7, 11) is 0. The standard InChI is InChI=1S/C48H42N6.C2H6/c1-5-8-28-43-34(4)49-46(52(43)38-21-13-10-14-22-38)35-31-36(47-50-41(7-3)44(29-9-6-2)53(47)39-23-15-11-16-24-39)33-37(32-35)48-51-42-27-19-20-30-45(42)54(48)40-25-17-12-18-26-40;1-2/h5-6,8-28,30-33H,1,7,29H2,2-4H3;1-2H3/b9-6-,28-8-;. The Hall–Kier alpha value is -6.79. The first kappa shape index (κ1) is 37.5. The Labute approximate surface area is 330 Å². The molecule has 56 heavy (non-hydrogen) atoms. The van der Waals surface area contributed by atoms with Gasteiger partial charge in [0.1, 0.15) is 17.5 Å². The number of aromatic nitrogens is 6. The largest absolute Gasteiger partial charge is 0.296 e. The molecule has 3 heterocycles. The van der Waals surface area contributed by atoms with Crippen molar-refractivity contribution in [1.29, 1.82) is 0 Å². The fraction of sp³-hybridized carbons (Fsp3) is 0.140. The van der Waals surface area contributed by atoms with E-state index in [9.17, 15) is 0 Å². The number of para-hydroxylation sites is 5. The molecule has 3 aromatic heterocycles. The van der Waals surface area contributed by atoms with E-state index in [0.717, 1.165) is 92.2 Å². The van der Waals surface area contributed by atoms with Crippen LogP contribution in [-0.2, 0) is 12.8 Å². The van der Waals surface area contributed by atoms with Crippen LogP contribution in [0.3, 0.4) is 0 Å². The zero-order valence-corrected chi connectivity index (χ0v) is 32.9. The van der Waals surface area contributed by atoms with Crippen molar-refractivity contribution in [2.45, 2.75) is 47.5 Å². The zero-order valence-electron chi connectivity index (χ0n) is 32.9. The molecular formula is C50H48N6. The minimum Gasteiger partial charge on any atom is -0.296 e. The van der Waals surface area contributed by atoms with Gasteiger partial charge in [-0.2, -0.15) is 0 Å². The van der Waals surface area contributed by atoms with Gasteiger partial charge in [-0.25, -0.2) is 15.0 Å². The summed E-state index contributed by atoms with van der Waals surface area (Å²) < 4.78 is 6.82. The number of imidazole rings is 3. The Bertz CT molecular complexity index is 2640. The first-order valence-corrected chi connectivity index (χ1v) is 19.5. The van der Waals surface area contributed by atoms with E-state index in [2.05, 4.69) is 175 Å². The number of hydrogen-bond acceptors (Lipinski definition) is 3. The Morgan fingerprint density at radius 2 is 1.11 bits per heavy atom. The summed E-state index contributed by atoms with van der Waals surface area (Å²) in [5.74, 6) is 2.55. The monoisotopic (exact) mass is 732 g/mol. The van der Waals surface area contributed by atoms with Crippen molar-refractivity contribution in [2.24, 2.45) is 0 Å². The molecule has 0 atom stereocenters. The van der Waals surface area contributed by atoms with Crippen molar-refractivity contribution in [3.05, 3.63) is 187 Å². The van der Waals surface area contributed by atoms with E-state index in [1.165, 1.54) is 5.69 Å². The lowest BCUT2D eigenvalue weighted by molar-refractivity contribution is 0.946. The van der Waals surface area contributed by atoms with Crippen molar-refractivity contribution < 1.29 is 0 Å². The van der Waals surface area contributed by atoms with Gasteiger partial charge in [-0.15, -0.1) is 0 Å². The number of benzene rings is 5. The summed E-state index contributed by atoms with van der Waals surface area (Å²) in [6.45, 7) is 14.3. The predicted octanol–water partition coefficient (Wildman–Crippen LogP) is 12.6. The second kappa shape index (κ2) is 17.1. The van der Waals surface area contributed by atoms with Gasteiger partial charge in [0.2, 0.25) is 0 Å². The summed E-state index contributed by atoms with van der Waals surface area (Å²) in [6, 6.07) is 46.5. The average molecular weight is 733 g/mol. The highest BCUT2D eigenvalue weighted by atomic mass is 15.1. The second-order valence-electron chi connectivity index (χ2n) is 13.2. The van der Waals surface area contributed by atoms with Crippen molar-refractivity contribution in [1.82, 2.24) is 28.7 Å². The van der Waals surface area contributed by atoms with E-state index in [1.54, 1.807) is 6.08 Å². The van der Waals surface area contributed by atoms with E-state index in [0.29, 0.717) is 0 Å². The smallest absolute Gasteiger partial charge is 0.145 e. The fourth-order valence-corrected chi connectivity index (χ4v) is 7.27. The molecule has 0 radical (unpaired) electrons. The molecule has 0 N–H and O–H groups in total. The third kappa shape index (κ3) is 7.21. The van der Waals surface area contributed by atoms with E-state index in [4.69, 9.17) is 15.0 Å². The van der Waals surface area contributed by atoms with Crippen LogP contribution in [0.25, 0.3) is 68.3 Å². The summed E-state index contributed by atoms with van der Waals surface area (Å²) >= 11 is 0. The Kier molecular flexibility index (Phi) is 11.5. The van der Waals surface area contributed by atoms with Crippen LogP contribution in [0, 0.1) is 6.92 Å². The van der Waals surface area contributed by atoms with Crippen molar-refractivity contribution in [3.63, 3.8) is 0 Å². The number of hydrogen-bond donors (Lipinski definition) is 0. The maximum absolute atomic E-state index is 5.42. The number of aryl methyl sites for hydroxylation is 2. The maximum atomic E-state index is 5.42. The second-order valence-corrected chi connectivity index (χ2v) is 13.2. The lowest BCUT2D eigenvalue weighted by Gasteiger charge is -2.16. The minimum atomic E-state index is 0.772. The van der Waals surface area contributed by atoms with Crippen molar-refractivity contribution in [3.8, 4) is 51.2 Å². The zero-order chi connectivity index (χ0) is 39.0.